The number of primary amides is 1. The molecule has 2 N–H and O–H groups in total. The summed E-state index contributed by atoms with van der Waals surface area (Å²) >= 11 is 0. The van der Waals surface area contributed by atoms with Crippen LogP contribution in [-0.4, -0.2) is 31.1 Å². The van der Waals surface area contributed by atoms with E-state index in [-0.39, 0.29) is 24.6 Å². The van der Waals surface area contributed by atoms with Crippen molar-refractivity contribution < 1.29 is 19.1 Å². The number of nitrogens with zero attached hydrogens (tertiary/aromatic N) is 3. The maximum Gasteiger partial charge on any atom is 0.339 e. The highest BCUT2D eigenvalue weighted by molar-refractivity contribution is 6.03. The van der Waals surface area contributed by atoms with Gasteiger partial charge in [0.2, 0.25) is 11.8 Å². The first-order valence-corrected chi connectivity index (χ1v) is 10.2. The number of rotatable bonds is 5. The monoisotopic (exact) mass is 440 g/mol. The number of esters is 1. The van der Waals surface area contributed by atoms with Crippen LogP contribution >= 0.6 is 0 Å². The Balaban J connectivity index is 1.75. The number of nitrogens with two attached hydrogens (primary N) is 1. The van der Waals surface area contributed by atoms with Gasteiger partial charge in [0.05, 0.1) is 28.2 Å². The smallest absolute Gasteiger partial charge is 0.339 e. The molecule has 3 aromatic carbocycles. The van der Waals surface area contributed by atoms with Gasteiger partial charge in [-0.25, -0.2) is 4.79 Å². The summed E-state index contributed by atoms with van der Waals surface area (Å²) in [6.07, 6.45) is 0.100. The Hall–Kier alpha value is -4.64. The van der Waals surface area contributed by atoms with Crippen LogP contribution in [-0.2, 0) is 9.53 Å². The van der Waals surface area contributed by atoms with Crippen LogP contribution < -0.4 is 15.5 Å². The Morgan fingerprint density at radius 3 is 2.39 bits per heavy atom. The van der Waals surface area contributed by atoms with E-state index in [2.05, 4.69) is 6.07 Å². The molecule has 0 aromatic heterocycles. The zero-order valence-corrected chi connectivity index (χ0v) is 17.6. The van der Waals surface area contributed by atoms with Gasteiger partial charge in [0, 0.05) is 18.5 Å². The average Bonchev–Trinajstić information content (AvgIpc) is 2.98. The minimum absolute atomic E-state index is 0.100. The molecular weight excluding hydrogens is 420 g/mol. The molecule has 1 aliphatic rings. The summed E-state index contributed by atoms with van der Waals surface area (Å²) in [5.74, 6) is -1.53. The number of hydrogen-bond acceptors (Lipinski definition) is 6. The van der Waals surface area contributed by atoms with Gasteiger partial charge in [-0.2, -0.15) is 5.26 Å². The molecule has 0 unspecified atom stereocenters. The summed E-state index contributed by atoms with van der Waals surface area (Å²) in [6.45, 7) is -0.0426. The summed E-state index contributed by atoms with van der Waals surface area (Å²) in [6, 6.07) is 22.4. The number of amides is 2. The van der Waals surface area contributed by atoms with E-state index >= 15 is 0 Å². The van der Waals surface area contributed by atoms with Crippen LogP contribution in [0.1, 0.15) is 32.7 Å². The molecule has 0 saturated carbocycles. The summed E-state index contributed by atoms with van der Waals surface area (Å²) in [5.41, 5.74) is 8.06. The molecule has 33 heavy (non-hydrogen) atoms. The number of nitriles is 1. The predicted molar refractivity (Wildman–Crippen MR) is 122 cm³/mol. The highest BCUT2D eigenvalue weighted by Gasteiger charge is 2.29. The van der Waals surface area contributed by atoms with Gasteiger partial charge in [-0.15, -0.1) is 0 Å². The lowest BCUT2D eigenvalue weighted by Gasteiger charge is -2.27. The van der Waals surface area contributed by atoms with Crippen molar-refractivity contribution in [2.75, 3.05) is 23.1 Å². The van der Waals surface area contributed by atoms with Gasteiger partial charge >= 0.3 is 5.97 Å². The third kappa shape index (κ3) is 4.38. The molecule has 0 atom stereocenters. The predicted octanol–water partition coefficient (Wildman–Crippen LogP) is 3.35. The van der Waals surface area contributed by atoms with Crippen molar-refractivity contribution >= 4 is 34.8 Å². The first-order valence-electron chi connectivity index (χ1n) is 10.2. The maximum absolute atomic E-state index is 13.1. The van der Waals surface area contributed by atoms with E-state index in [0.717, 1.165) is 0 Å². The molecule has 0 radical (unpaired) electrons. The molecule has 0 spiro atoms. The lowest BCUT2D eigenvalue weighted by atomic mass is 10.1. The molecule has 8 nitrogen and oxygen atoms in total. The lowest BCUT2D eigenvalue weighted by Crippen LogP contribution is -2.34. The highest BCUT2D eigenvalue weighted by atomic mass is 16.5. The second kappa shape index (κ2) is 9.24. The molecule has 0 fully saturated rings. The molecule has 1 aliphatic heterocycles. The topological polar surface area (TPSA) is 117 Å². The van der Waals surface area contributed by atoms with Gasteiger partial charge in [0.1, 0.15) is 6.07 Å². The van der Waals surface area contributed by atoms with E-state index in [1.54, 1.807) is 66.7 Å². The van der Waals surface area contributed by atoms with E-state index in [0.29, 0.717) is 34.7 Å². The summed E-state index contributed by atoms with van der Waals surface area (Å²) in [5, 5.41) is 9.57. The molecule has 1 heterocycles. The highest BCUT2D eigenvalue weighted by Crippen LogP contribution is 2.39. The number of carbonyl (C=O) groups is 3. The normalized spacial score (nSPS) is 13.0. The molecule has 0 saturated heterocycles. The van der Waals surface area contributed by atoms with Gasteiger partial charge in [-0.1, -0.05) is 30.3 Å². The molecule has 8 heteroatoms. The van der Waals surface area contributed by atoms with Gasteiger partial charge in [0.15, 0.2) is 6.73 Å². The lowest BCUT2D eigenvalue weighted by molar-refractivity contribution is -0.119. The summed E-state index contributed by atoms with van der Waals surface area (Å²) in [4.78, 5) is 40.5. The molecule has 4 rings (SSSR count). The fraction of sp³-hybridized carbons (Fsp3) is 0.120. The van der Waals surface area contributed by atoms with Crippen molar-refractivity contribution in [1.29, 1.82) is 5.26 Å². The molecule has 3 aromatic rings. The van der Waals surface area contributed by atoms with Crippen molar-refractivity contribution in [1.82, 2.24) is 0 Å². The van der Waals surface area contributed by atoms with E-state index in [1.165, 1.54) is 11.0 Å². The largest absolute Gasteiger partial charge is 0.440 e. The number of anilines is 3. The van der Waals surface area contributed by atoms with Crippen LogP contribution in [0, 0.1) is 11.3 Å². The summed E-state index contributed by atoms with van der Waals surface area (Å²) < 4.78 is 5.42. The van der Waals surface area contributed by atoms with Gasteiger partial charge in [0.25, 0.3) is 0 Å². The first kappa shape index (κ1) is 21.6. The Bertz CT molecular complexity index is 1270. The van der Waals surface area contributed by atoms with Crippen molar-refractivity contribution in [3.63, 3.8) is 0 Å². The van der Waals surface area contributed by atoms with E-state index in [4.69, 9.17) is 10.5 Å². The Kier molecular flexibility index (Phi) is 6.04. The fourth-order valence-electron chi connectivity index (χ4n) is 3.69. The fourth-order valence-corrected chi connectivity index (χ4v) is 3.69. The van der Waals surface area contributed by atoms with E-state index < -0.39 is 11.9 Å². The van der Waals surface area contributed by atoms with E-state index in [9.17, 15) is 19.6 Å². The van der Waals surface area contributed by atoms with Gasteiger partial charge < -0.3 is 15.4 Å². The Labute approximate surface area is 190 Å². The van der Waals surface area contributed by atoms with Crippen LogP contribution in [0.15, 0.2) is 72.8 Å². The average molecular weight is 440 g/mol. The number of ether oxygens (including phenoxy) is 1. The number of hydrogen-bond donors (Lipinski definition) is 1. The number of carbonyl (C=O) groups excluding carboxylic acids is 3. The van der Waals surface area contributed by atoms with Gasteiger partial charge in [-0.05, 0) is 42.5 Å². The minimum Gasteiger partial charge on any atom is -0.440 e. The summed E-state index contributed by atoms with van der Waals surface area (Å²) in [7, 11) is 0. The standard InChI is InChI=1S/C25H20N4O4/c26-15-19-8-4-5-9-20(19)28-13-12-23(30)29(16-33-25(32)17-6-2-1-3-7-17)22-14-18(24(27)31)10-11-21(22)28/h1-11,14H,12-13,16H2,(H2,27,31). The minimum atomic E-state index is -0.653. The van der Waals surface area contributed by atoms with Crippen LogP contribution in [0.25, 0.3) is 0 Å². The zero-order valence-electron chi connectivity index (χ0n) is 17.6. The second-order valence-electron chi connectivity index (χ2n) is 7.35. The SMILES string of the molecule is N#Cc1ccccc1N1CCC(=O)N(COC(=O)c2ccccc2)c2cc(C(N)=O)ccc21. The third-order valence-corrected chi connectivity index (χ3v) is 5.34. The maximum atomic E-state index is 13.1. The molecule has 2 amide bonds. The Morgan fingerprint density at radius 2 is 1.67 bits per heavy atom. The van der Waals surface area contributed by atoms with Crippen molar-refractivity contribution in [2.24, 2.45) is 5.73 Å². The number of fused-ring (bicyclic) bond motifs is 1. The van der Waals surface area contributed by atoms with Crippen LogP contribution in [0.5, 0.6) is 0 Å². The van der Waals surface area contributed by atoms with Crippen LogP contribution in [0.2, 0.25) is 0 Å². The van der Waals surface area contributed by atoms with Crippen LogP contribution in [0.3, 0.4) is 0 Å². The number of para-hydroxylation sites is 1. The molecule has 164 valence electrons. The van der Waals surface area contributed by atoms with Crippen molar-refractivity contribution in [3.8, 4) is 6.07 Å². The Morgan fingerprint density at radius 1 is 0.939 bits per heavy atom. The quantitative estimate of drug-likeness (QED) is 0.608. The zero-order chi connectivity index (χ0) is 23.4. The van der Waals surface area contributed by atoms with Crippen molar-refractivity contribution in [2.45, 2.75) is 6.42 Å². The van der Waals surface area contributed by atoms with Crippen molar-refractivity contribution in [3.05, 3.63) is 89.5 Å². The second-order valence-corrected chi connectivity index (χ2v) is 7.35. The third-order valence-electron chi connectivity index (χ3n) is 5.34. The molecule has 0 aliphatic carbocycles. The molecular formula is C25H20N4O4. The van der Waals surface area contributed by atoms with E-state index in [1.807, 2.05) is 4.90 Å². The van der Waals surface area contributed by atoms with Gasteiger partial charge in [-0.3, -0.25) is 14.5 Å². The number of benzene rings is 3. The first-order chi connectivity index (χ1) is 16.0. The van der Waals surface area contributed by atoms with Crippen LogP contribution in [0.4, 0.5) is 17.1 Å². The molecule has 0 bridgehead atoms.